The van der Waals surface area contributed by atoms with Crippen LogP contribution in [0.15, 0.2) is 46.0 Å². The van der Waals surface area contributed by atoms with Gasteiger partial charge in [0.2, 0.25) is 5.91 Å². The molecule has 0 saturated heterocycles. The predicted octanol–water partition coefficient (Wildman–Crippen LogP) is 4.08. The molecule has 0 aliphatic heterocycles. The second-order valence-electron chi connectivity index (χ2n) is 5.80. The van der Waals surface area contributed by atoms with Gasteiger partial charge in [0.1, 0.15) is 5.82 Å². The number of carbonyl (C=O) groups excluding carboxylic acids is 1. The molecule has 1 amide bonds. The minimum absolute atomic E-state index is 0.00506. The van der Waals surface area contributed by atoms with E-state index >= 15 is 0 Å². The monoisotopic (exact) mass is 422 g/mol. The highest BCUT2D eigenvalue weighted by Gasteiger charge is 2.12. The van der Waals surface area contributed by atoms with Crippen LogP contribution in [0, 0.1) is 5.82 Å². The normalized spacial score (nSPS) is 11.0. The summed E-state index contributed by atoms with van der Waals surface area (Å²) in [5.74, 6) is 0.544. The molecule has 1 N–H and O–H groups in total. The number of amides is 1. The number of benzene rings is 2. The Bertz CT molecular complexity index is 792. The van der Waals surface area contributed by atoms with Crippen molar-refractivity contribution < 1.29 is 18.7 Å². The van der Waals surface area contributed by atoms with E-state index in [1.165, 1.54) is 18.3 Å². The largest absolute Gasteiger partial charge is 0.493 e. The maximum absolute atomic E-state index is 12.9. The smallest absolute Gasteiger partial charge is 0.244 e. The summed E-state index contributed by atoms with van der Waals surface area (Å²) in [6.07, 6.45) is 1.63. The summed E-state index contributed by atoms with van der Waals surface area (Å²) in [6.45, 7) is 3.86. The first kappa shape index (κ1) is 19.9. The van der Waals surface area contributed by atoms with Gasteiger partial charge in [0.25, 0.3) is 0 Å². The quantitative estimate of drug-likeness (QED) is 0.540. The third kappa shape index (κ3) is 5.84. The Labute approximate surface area is 160 Å². The highest BCUT2D eigenvalue weighted by Crippen LogP contribution is 2.36. The van der Waals surface area contributed by atoms with Crippen molar-refractivity contribution in [1.82, 2.24) is 5.43 Å². The molecule has 5 nitrogen and oxygen atoms in total. The SMILES string of the molecule is COc1cc(/C=N/NC(=O)Cc2ccc(F)cc2)cc(Br)c1OC(C)C. The Morgan fingerprint density at radius 1 is 1.31 bits per heavy atom. The molecule has 0 aliphatic carbocycles. The number of rotatable bonds is 7. The molecule has 2 aromatic rings. The molecule has 2 aromatic carbocycles. The molecule has 138 valence electrons. The summed E-state index contributed by atoms with van der Waals surface area (Å²) in [7, 11) is 1.56. The van der Waals surface area contributed by atoms with E-state index in [2.05, 4.69) is 26.5 Å². The summed E-state index contributed by atoms with van der Waals surface area (Å²) in [4.78, 5) is 11.9. The molecule has 0 saturated carbocycles. The first-order chi connectivity index (χ1) is 12.4. The van der Waals surface area contributed by atoms with Crippen LogP contribution in [0.4, 0.5) is 4.39 Å². The summed E-state index contributed by atoms with van der Waals surface area (Å²) >= 11 is 3.45. The molecule has 0 unspecified atom stereocenters. The van der Waals surface area contributed by atoms with Crippen LogP contribution in [-0.2, 0) is 11.2 Å². The minimum Gasteiger partial charge on any atom is -0.493 e. The molecule has 26 heavy (non-hydrogen) atoms. The maximum atomic E-state index is 12.9. The number of methoxy groups -OCH3 is 1. The van der Waals surface area contributed by atoms with Crippen molar-refractivity contribution in [2.75, 3.05) is 7.11 Å². The van der Waals surface area contributed by atoms with Crippen LogP contribution in [-0.4, -0.2) is 25.3 Å². The summed E-state index contributed by atoms with van der Waals surface area (Å²) in [5, 5.41) is 3.95. The molecule has 7 heteroatoms. The van der Waals surface area contributed by atoms with E-state index in [9.17, 15) is 9.18 Å². The number of hydrogen-bond acceptors (Lipinski definition) is 4. The van der Waals surface area contributed by atoms with Crippen molar-refractivity contribution in [3.8, 4) is 11.5 Å². The fourth-order valence-corrected chi connectivity index (χ4v) is 2.72. The van der Waals surface area contributed by atoms with Crippen molar-refractivity contribution in [2.45, 2.75) is 26.4 Å². The lowest BCUT2D eigenvalue weighted by Crippen LogP contribution is -2.19. The highest BCUT2D eigenvalue weighted by atomic mass is 79.9. The number of carbonyl (C=O) groups is 1. The molecule has 2 rings (SSSR count). The highest BCUT2D eigenvalue weighted by molar-refractivity contribution is 9.10. The molecular formula is C19H20BrFN2O3. The zero-order valence-corrected chi connectivity index (χ0v) is 16.3. The third-order valence-electron chi connectivity index (χ3n) is 3.29. The van der Waals surface area contributed by atoms with Gasteiger partial charge in [-0.15, -0.1) is 0 Å². The lowest BCUT2D eigenvalue weighted by Gasteiger charge is -2.15. The predicted molar refractivity (Wildman–Crippen MR) is 102 cm³/mol. The summed E-state index contributed by atoms with van der Waals surface area (Å²) in [6, 6.07) is 9.34. The lowest BCUT2D eigenvalue weighted by molar-refractivity contribution is -0.120. The molecule has 0 fully saturated rings. The van der Waals surface area contributed by atoms with Crippen molar-refractivity contribution in [3.05, 3.63) is 57.8 Å². The second-order valence-corrected chi connectivity index (χ2v) is 6.65. The van der Waals surface area contributed by atoms with Crippen LogP contribution in [0.3, 0.4) is 0 Å². The van der Waals surface area contributed by atoms with Crippen molar-refractivity contribution in [2.24, 2.45) is 5.10 Å². The van der Waals surface area contributed by atoms with Gasteiger partial charge >= 0.3 is 0 Å². The fraction of sp³-hybridized carbons (Fsp3) is 0.263. The first-order valence-electron chi connectivity index (χ1n) is 7.99. The first-order valence-corrected chi connectivity index (χ1v) is 8.79. The number of halogens is 2. The molecule has 0 heterocycles. The Kier molecular flexibility index (Phi) is 7.15. The zero-order chi connectivity index (χ0) is 19.1. The van der Waals surface area contributed by atoms with E-state index < -0.39 is 0 Å². The van der Waals surface area contributed by atoms with E-state index in [1.54, 1.807) is 25.3 Å². The third-order valence-corrected chi connectivity index (χ3v) is 3.88. The molecule has 0 aromatic heterocycles. The van der Waals surface area contributed by atoms with Gasteiger partial charge in [-0.2, -0.15) is 5.10 Å². The Hall–Kier alpha value is -2.41. The van der Waals surface area contributed by atoms with Crippen molar-refractivity contribution in [1.29, 1.82) is 0 Å². The van der Waals surface area contributed by atoms with Gasteiger partial charge in [-0.05, 0) is 65.2 Å². The number of hydrazone groups is 1. The Balaban J connectivity index is 2.02. The topological polar surface area (TPSA) is 59.9 Å². The number of hydrogen-bond donors (Lipinski definition) is 1. The van der Waals surface area contributed by atoms with Gasteiger partial charge in [-0.25, -0.2) is 9.82 Å². The molecular weight excluding hydrogens is 403 g/mol. The van der Waals surface area contributed by atoms with Gasteiger partial charge < -0.3 is 9.47 Å². The van der Waals surface area contributed by atoms with E-state index in [1.807, 2.05) is 19.9 Å². The van der Waals surface area contributed by atoms with Gasteiger partial charge in [0.05, 0.1) is 30.3 Å². The van der Waals surface area contributed by atoms with Crippen molar-refractivity contribution in [3.63, 3.8) is 0 Å². The zero-order valence-electron chi connectivity index (χ0n) is 14.8. The van der Waals surface area contributed by atoms with Crippen LogP contribution in [0.5, 0.6) is 11.5 Å². The minimum atomic E-state index is -0.336. The van der Waals surface area contributed by atoms with Gasteiger partial charge in [0, 0.05) is 0 Å². The van der Waals surface area contributed by atoms with Crippen LogP contribution in [0.25, 0.3) is 0 Å². The van der Waals surface area contributed by atoms with E-state index in [-0.39, 0.29) is 24.2 Å². The molecule has 0 bridgehead atoms. The Morgan fingerprint density at radius 2 is 2.00 bits per heavy atom. The number of nitrogens with zero attached hydrogens (tertiary/aromatic N) is 1. The fourth-order valence-electron chi connectivity index (χ4n) is 2.17. The van der Waals surface area contributed by atoms with E-state index in [4.69, 9.17) is 9.47 Å². The van der Waals surface area contributed by atoms with Crippen LogP contribution in [0.2, 0.25) is 0 Å². The second kappa shape index (κ2) is 9.33. The average Bonchev–Trinajstić information content (AvgIpc) is 2.58. The van der Waals surface area contributed by atoms with Gasteiger partial charge in [-0.1, -0.05) is 12.1 Å². The van der Waals surface area contributed by atoms with Crippen molar-refractivity contribution >= 4 is 28.1 Å². The standard InChI is InChI=1S/C19H20BrFN2O3/c1-12(2)26-19-16(20)8-14(9-17(19)25-3)11-22-23-18(24)10-13-4-6-15(21)7-5-13/h4-9,11-12H,10H2,1-3H3,(H,23,24)/b22-11+. The number of ether oxygens (including phenoxy) is 2. The molecule has 0 atom stereocenters. The van der Waals surface area contributed by atoms with Gasteiger partial charge in [-0.3, -0.25) is 4.79 Å². The van der Waals surface area contributed by atoms with Gasteiger partial charge in [0.15, 0.2) is 11.5 Å². The van der Waals surface area contributed by atoms with Crippen LogP contribution in [0.1, 0.15) is 25.0 Å². The number of nitrogens with one attached hydrogen (secondary N) is 1. The maximum Gasteiger partial charge on any atom is 0.244 e. The summed E-state index contributed by atoms with van der Waals surface area (Å²) < 4.78 is 24.7. The van der Waals surface area contributed by atoms with Crippen LogP contribution < -0.4 is 14.9 Å². The molecule has 0 spiro atoms. The van der Waals surface area contributed by atoms with E-state index in [0.717, 1.165) is 10.0 Å². The summed E-state index contributed by atoms with van der Waals surface area (Å²) in [5.41, 5.74) is 3.88. The van der Waals surface area contributed by atoms with E-state index in [0.29, 0.717) is 17.1 Å². The Morgan fingerprint density at radius 3 is 2.62 bits per heavy atom. The molecule has 0 aliphatic rings. The van der Waals surface area contributed by atoms with Crippen LogP contribution >= 0.6 is 15.9 Å². The lowest BCUT2D eigenvalue weighted by atomic mass is 10.1. The average molecular weight is 423 g/mol. The molecule has 0 radical (unpaired) electrons.